The van der Waals surface area contributed by atoms with E-state index >= 15 is 0 Å². The van der Waals surface area contributed by atoms with Crippen LogP contribution < -0.4 is 0 Å². The molecule has 5 aromatic rings. The van der Waals surface area contributed by atoms with Crippen LogP contribution >= 0.6 is 0 Å². The van der Waals surface area contributed by atoms with Crippen molar-refractivity contribution in [1.29, 1.82) is 0 Å². The number of fused-ring (bicyclic) bond motifs is 1. The van der Waals surface area contributed by atoms with Gasteiger partial charge in [0.1, 0.15) is 5.82 Å². The van der Waals surface area contributed by atoms with Crippen LogP contribution in [-0.2, 0) is 11.8 Å². The fourth-order valence-corrected chi connectivity index (χ4v) is 3.89. The predicted octanol–water partition coefficient (Wildman–Crippen LogP) is 4.62. The van der Waals surface area contributed by atoms with Gasteiger partial charge >= 0.3 is 5.97 Å². The monoisotopic (exact) mass is 451 g/mol. The predicted molar refractivity (Wildman–Crippen MR) is 129 cm³/mol. The van der Waals surface area contributed by atoms with Crippen molar-refractivity contribution in [3.05, 3.63) is 96.1 Å². The number of aliphatic imine (C=N–C) groups is 1. The standard InChI is InChI=1S/C26H21N5O3/c1-31-13-12-28-24(31)16-5-8-19(9-6-16)29-23(18-4-3-11-27-15-18)22-20-10-7-17(26(33)34-2)14-21(20)30-25(22)32/h3-15,30,32H,1-2H3. The van der Waals surface area contributed by atoms with E-state index in [4.69, 9.17) is 9.73 Å². The molecular weight excluding hydrogens is 430 g/mol. The summed E-state index contributed by atoms with van der Waals surface area (Å²) in [6.45, 7) is 0. The van der Waals surface area contributed by atoms with Gasteiger partial charge in [-0.1, -0.05) is 6.07 Å². The fourth-order valence-electron chi connectivity index (χ4n) is 3.89. The number of rotatable bonds is 5. The Hall–Kier alpha value is -4.72. The van der Waals surface area contributed by atoms with Crippen molar-refractivity contribution in [2.75, 3.05) is 7.11 Å². The highest BCUT2D eigenvalue weighted by Crippen LogP contribution is 2.32. The molecule has 3 aromatic heterocycles. The zero-order chi connectivity index (χ0) is 23.7. The van der Waals surface area contributed by atoms with Crippen molar-refractivity contribution in [3.63, 3.8) is 0 Å². The number of aromatic nitrogens is 4. The molecule has 0 aliphatic heterocycles. The average molecular weight is 451 g/mol. The summed E-state index contributed by atoms with van der Waals surface area (Å²) in [6.07, 6.45) is 7.03. The van der Waals surface area contributed by atoms with Gasteiger partial charge in [0.25, 0.3) is 0 Å². The van der Waals surface area contributed by atoms with E-state index in [0.29, 0.717) is 28.0 Å². The minimum atomic E-state index is -0.452. The number of nitrogens with one attached hydrogen (secondary N) is 1. The lowest BCUT2D eigenvalue weighted by atomic mass is 10.0. The summed E-state index contributed by atoms with van der Waals surface area (Å²) >= 11 is 0. The molecule has 168 valence electrons. The molecule has 34 heavy (non-hydrogen) atoms. The summed E-state index contributed by atoms with van der Waals surface area (Å²) in [4.78, 5) is 28.4. The number of pyridine rings is 1. The van der Waals surface area contributed by atoms with Crippen molar-refractivity contribution < 1.29 is 14.6 Å². The maximum Gasteiger partial charge on any atom is 0.337 e. The first-order valence-electron chi connectivity index (χ1n) is 10.6. The number of aryl methyl sites for hydroxylation is 1. The van der Waals surface area contributed by atoms with Crippen LogP contribution in [0.15, 0.2) is 84.4 Å². The lowest BCUT2D eigenvalue weighted by Gasteiger charge is -2.08. The first-order valence-corrected chi connectivity index (χ1v) is 10.6. The Bertz CT molecular complexity index is 1520. The van der Waals surface area contributed by atoms with E-state index in [2.05, 4.69) is 15.0 Å². The zero-order valence-electron chi connectivity index (χ0n) is 18.6. The molecule has 0 saturated carbocycles. The molecule has 0 fully saturated rings. The lowest BCUT2D eigenvalue weighted by Crippen LogP contribution is -2.04. The molecule has 5 rings (SSSR count). The van der Waals surface area contributed by atoms with Gasteiger partial charge in [-0.05, 0) is 48.5 Å². The normalized spacial score (nSPS) is 11.6. The second kappa shape index (κ2) is 8.67. The third-order valence-corrected chi connectivity index (χ3v) is 5.56. The summed E-state index contributed by atoms with van der Waals surface area (Å²) in [5.74, 6) is 0.356. The maximum atomic E-state index is 11.9. The number of carbonyl (C=O) groups is 1. The summed E-state index contributed by atoms with van der Waals surface area (Å²) in [5.41, 5.74) is 4.46. The molecule has 0 atom stereocenters. The van der Waals surface area contributed by atoms with E-state index in [0.717, 1.165) is 22.3 Å². The molecule has 2 aromatic carbocycles. The maximum absolute atomic E-state index is 11.9. The van der Waals surface area contributed by atoms with Crippen molar-refractivity contribution >= 4 is 28.3 Å². The molecule has 2 N–H and O–H groups in total. The van der Waals surface area contributed by atoms with E-state index in [1.807, 2.05) is 54.2 Å². The minimum Gasteiger partial charge on any atom is -0.494 e. The van der Waals surface area contributed by atoms with Crippen LogP contribution in [0.3, 0.4) is 0 Å². The number of carbonyl (C=O) groups excluding carboxylic acids is 1. The number of imidazole rings is 1. The Kier molecular flexibility index (Phi) is 5.39. The largest absolute Gasteiger partial charge is 0.494 e. The minimum absolute atomic E-state index is 0.0516. The number of nitrogens with zero attached hydrogens (tertiary/aromatic N) is 4. The van der Waals surface area contributed by atoms with Gasteiger partial charge in [0.2, 0.25) is 0 Å². The van der Waals surface area contributed by atoms with Gasteiger partial charge in [-0.3, -0.25) is 4.98 Å². The van der Waals surface area contributed by atoms with Crippen molar-refractivity contribution in [2.24, 2.45) is 12.0 Å². The van der Waals surface area contributed by atoms with Crippen LogP contribution in [0.25, 0.3) is 22.3 Å². The number of H-pyrrole nitrogens is 1. The summed E-state index contributed by atoms with van der Waals surface area (Å²) in [5, 5.41) is 11.6. The van der Waals surface area contributed by atoms with E-state index in [1.54, 1.807) is 36.8 Å². The number of aromatic hydroxyl groups is 1. The van der Waals surface area contributed by atoms with E-state index < -0.39 is 5.97 Å². The van der Waals surface area contributed by atoms with Crippen LogP contribution in [0.5, 0.6) is 5.88 Å². The number of aromatic amines is 1. The fraction of sp³-hybridized carbons (Fsp3) is 0.0769. The van der Waals surface area contributed by atoms with Crippen molar-refractivity contribution in [2.45, 2.75) is 0 Å². The highest BCUT2D eigenvalue weighted by molar-refractivity contribution is 6.22. The van der Waals surface area contributed by atoms with Gasteiger partial charge < -0.3 is 19.4 Å². The Morgan fingerprint density at radius 3 is 2.59 bits per heavy atom. The van der Waals surface area contributed by atoms with E-state index in [-0.39, 0.29) is 5.88 Å². The molecular formula is C26H21N5O3. The van der Waals surface area contributed by atoms with Crippen LogP contribution in [0, 0.1) is 0 Å². The lowest BCUT2D eigenvalue weighted by molar-refractivity contribution is 0.0601. The molecule has 0 spiro atoms. The van der Waals surface area contributed by atoms with Gasteiger partial charge in [-0.2, -0.15) is 0 Å². The quantitative estimate of drug-likeness (QED) is 0.300. The van der Waals surface area contributed by atoms with E-state index in [1.165, 1.54) is 7.11 Å². The Morgan fingerprint density at radius 1 is 1.09 bits per heavy atom. The summed E-state index contributed by atoms with van der Waals surface area (Å²) in [6, 6.07) is 16.5. The van der Waals surface area contributed by atoms with Crippen molar-refractivity contribution in [1.82, 2.24) is 19.5 Å². The average Bonchev–Trinajstić information content (AvgIpc) is 3.44. The zero-order valence-corrected chi connectivity index (χ0v) is 18.6. The molecule has 3 heterocycles. The van der Waals surface area contributed by atoms with Gasteiger partial charge in [0.15, 0.2) is 5.88 Å². The van der Waals surface area contributed by atoms with Crippen LogP contribution in [-0.4, -0.2) is 43.4 Å². The van der Waals surface area contributed by atoms with Gasteiger partial charge in [-0.15, -0.1) is 0 Å². The van der Waals surface area contributed by atoms with Crippen LogP contribution in [0.4, 0.5) is 5.69 Å². The highest BCUT2D eigenvalue weighted by Gasteiger charge is 2.20. The number of hydrogen-bond acceptors (Lipinski definition) is 6. The van der Waals surface area contributed by atoms with Crippen molar-refractivity contribution in [3.8, 4) is 17.3 Å². The molecule has 0 aliphatic rings. The molecule has 8 nitrogen and oxygen atoms in total. The molecule has 0 aliphatic carbocycles. The first-order chi connectivity index (χ1) is 16.5. The first kappa shape index (κ1) is 21.1. The molecule has 0 bridgehead atoms. The Labute approximate surface area is 195 Å². The van der Waals surface area contributed by atoms with Crippen LogP contribution in [0.1, 0.15) is 21.5 Å². The SMILES string of the molecule is COC(=O)c1ccc2c(C(=Nc3ccc(-c4nccn4C)cc3)c3cccnc3)c(O)[nH]c2c1. The van der Waals surface area contributed by atoms with Gasteiger partial charge in [0, 0.05) is 53.9 Å². The number of hydrogen-bond donors (Lipinski definition) is 2. The second-order valence-corrected chi connectivity index (χ2v) is 7.71. The Morgan fingerprint density at radius 2 is 1.91 bits per heavy atom. The highest BCUT2D eigenvalue weighted by atomic mass is 16.5. The molecule has 0 saturated heterocycles. The molecule has 0 radical (unpaired) electrons. The number of benzene rings is 2. The Balaban J connectivity index is 1.64. The second-order valence-electron chi connectivity index (χ2n) is 7.71. The van der Waals surface area contributed by atoms with Crippen LogP contribution in [0.2, 0.25) is 0 Å². The van der Waals surface area contributed by atoms with E-state index in [9.17, 15) is 9.90 Å². The summed E-state index contributed by atoms with van der Waals surface area (Å²) in [7, 11) is 3.27. The number of ether oxygens (including phenoxy) is 1. The third kappa shape index (κ3) is 3.81. The molecule has 0 unspecified atom stereocenters. The molecule has 8 heteroatoms. The van der Waals surface area contributed by atoms with Gasteiger partial charge in [-0.25, -0.2) is 14.8 Å². The van der Waals surface area contributed by atoms with Gasteiger partial charge in [0.05, 0.1) is 29.6 Å². The molecule has 0 amide bonds. The third-order valence-electron chi connectivity index (χ3n) is 5.56. The number of esters is 1. The number of methoxy groups -OCH3 is 1. The summed E-state index contributed by atoms with van der Waals surface area (Å²) < 4.78 is 6.76. The smallest absolute Gasteiger partial charge is 0.337 e. The topological polar surface area (TPSA) is 105 Å².